The summed E-state index contributed by atoms with van der Waals surface area (Å²) in [5.74, 6) is 0.850. The molecular weight excluding hydrogens is 346 g/mol. The Balaban J connectivity index is 1.88. The van der Waals surface area contributed by atoms with Gasteiger partial charge in [-0.2, -0.15) is 0 Å². The Morgan fingerprint density at radius 2 is 1.96 bits per heavy atom. The number of rotatable bonds is 7. The predicted octanol–water partition coefficient (Wildman–Crippen LogP) is 2.43. The second-order valence-electron chi connectivity index (χ2n) is 7.30. The molecule has 0 aromatic carbocycles. The van der Waals surface area contributed by atoms with Crippen LogP contribution in [0.15, 0.2) is 22.5 Å². The van der Waals surface area contributed by atoms with Gasteiger partial charge in [-0.3, -0.25) is 9.79 Å². The van der Waals surface area contributed by atoms with Gasteiger partial charge in [0.25, 0.3) is 0 Å². The molecule has 1 amide bonds. The fourth-order valence-electron chi connectivity index (χ4n) is 2.96. The summed E-state index contributed by atoms with van der Waals surface area (Å²) in [5, 5.41) is 13.2. The van der Waals surface area contributed by atoms with Crippen molar-refractivity contribution >= 4 is 28.2 Å². The van der Waals surface area contributed by atoms with Crippen LogP contribution in [0.2, 0.25) is 0 Å². The van der Waals surface area contributed by atoms with E-state index in [1.807, 2.05) is 20.8 Å². The minimum atomic E-state index is -0.513. The van der Waals surface area contributed by atoms with E-state index in [0.29, 0.717) is 19.1 Å². The quantitative estimate of drug-likeness (QED) is 0.503. The average Bonchev–Trinajstić information content (AvgIpc) is 3.15. The number of nitrogens with one attached hydrogen (secondary N) is 3. The lowest BCUT2D eigenvalue weighted by Crippen LogP contribution is -2.49. The van der Waals surface area contributed by atoms with Gasteiger partial charge in [-0.25, -0.2) is 0 Å². The van der Waals surface area contributed by atoms with Crippen molar-refractivity contribution in [3.8, 4) is 0 Å². The zero-order valence-corrected chi connectivity index (χ0v) is 17.3. The lowest BCUT2D eigenvalue weighted by Gasteiger charge is -2.33. The van der Waals surface area contributed by atoms with Crippen molar-refractivity contribution in [1.29, 1.82) is 0 Å². The third kappa shape index (κ3) is 5.90. The van der Waals surface area contributed by atoms with E-state index in [-0.39, 0.29) is 5.91 Å². The van der Waals surface area contributed by atoms with Crippen LogP contribution in [-0.4, -0.2) is 50.6 Å². The average molecular weight is 380 g/mol. The number of nitrogens with zero attached hydrogens (tertiary/aromatic N) is 2. The molecule has 7 heteroatoms. The number of carbonyl (C=O) groups excluding carboxylic acids is 1. The third-order valence-electron chi connectivity index (χ3n) is 4.58. The Hall–Kier alpha value is -1.76. The number of hydrogen-bond donors (Lipinski definition) is 3. The summed E-state index contributed by atoms with van der Waals surface area (Å²) in [6, 6.07) is 4.71. The highest BCUT2D eigenvalue weighted by molar-refractivity contribution is 7.14. The van der Waals surface area contributed by atoms with Gasteiger partial charge < -0.3 is 20.9 Å². The van der Waals surface area contributed by atoms with Crippen molar-refractivity contribution in [2.45, 2.75) is 46.6 Å². The van der Waals surface area contributed by atoms with Crippen LogP contribution in [-0.2, 0) is 4.79 Å². The summed E-state index contributed by atoms with van der Waals surface area (Å²) in [6.07, 6.45) is 2.17. The molecular formula is C19H33N5OS. The Labute approximate surface area is 161 Å². The molecule has 1 saturated heterocycles. The summed E-state index contributed by atoms with van der Waals surface area (Å²) in [6.45, 7) is 11.9. The largest absolute Gasteiger partial charge is 0.363 e. The topological polar surface area (TPSA) is 68.8 Å². The van der Waals surface area contributed by atoms with Crippen molar-refractivity contribution in [2.24, 2.45) is 10.4 Å². The van der Waals surface area contributed by atoms with E-state index < -0.39 is 5.41 Å². The minimum Gasteiger partial charge on any atom is -0.363 e. The second kappa shape index (κ2) is 9.80. The van der Waals surface area contributed by atoms with Crippen LogP contribution >= 0.6 is 11.3 Å². The highest BCUT2D eigenvalue weighted by Gasteiger charge is 2.27. The van der Waals surface area contributed by atoms with Crippen LogP contribution in [0.25, 0.3) is 0 Å². The number of piperidine rings is 1. The normalized spacial score (nSPS) is 16.5. The Kier molecular flexibility index (Phi) is 7.75. The van der Waals surface area contributed by atoms with Crippen molar-refractivity contribution in [1.82, 2.24) is 16.0 Å². The summed E-state index contributed by atoms with van der Waals surface area (Å²) in [4.78, 5) is 19.3. The van der Waals surface area contributed by atoms with Gasteiger partial charge in [0, 0.05) is 32.2 Å². The van der Waals surface area contributed by atoms with Crippen LogP contribution in [0.5, 0.6) is 0 Å². The number of hydrogen-bond acceptors (Lipinski definition) is 4. The van der Waals surface area contributed by atoms with Crippen LogP contribution in [0.1, 0.15) is 40.5 Å². The van der Waals surface area contributed by atoms with E-state index in [1.165, 1.54) is 5.00 Å². The smallest absolute Gasteiger partial charge is 0.227 e. The van der Waals surface area contributed by atoms with E-state index in [0.717, 1.165) is 38.4 Å². The Bertz CT molecular complexity index is 577. The molecule has 26 heavy (non-hydrogen) atoms. The van der Waals surface area contributed by atoms with Gasteiger partial charge in [0.15, 0.2) is 5.96 Å². The highest BCUT2D eigenvalue weighted by atomic mass is 32.1. The van der Waals surface area contributed by atoms with Gasteiger partial charge >= 0.3 is 0 Å². The molecule has 3 N–H and O–H groups in total. The van der Waals surface area contributed by atoms with Crippen molar-refractivity contribution < 1.29 is 4.79 Å². The molecule has 0 spiro atoms. The number of carbonyl (C=O) groups is 1. The molecule has 0 bridgehead atoms. The number of anilines is 1. The molecule has 146 valence electrons. The third-order valence-corrected chi connectivity index (χ3v) is 5.51. The maximum Gasteiger partial charge on any atom is 0.227 e. The maximum atomic E-state index is 12.1. The fraction of sp³-hybridized carbons (Fsp3) is 0.684. The monoisotopic (exact) mass is 379 g/mol. The van der Waals surface area contributed by atoms with E-state index in [1.54, 1.807) is 11.3 Å². The molecule has 6 nitrogen and oxygen atoms in total. The van der Waals surface area contributed by atoms with E-state index in [2.05, 4.69) is 50.3 Å². The number of thiophene rings is 1. The molecule has 0 unspecified atom stereocenters. The molecule has 2 heterocycles. The molecule has 0 radical (unpaired) electrons. The lowest BCUT2D eigenvalue weighted by atomic mass is 9.92. The molecule has 1 aliphatic rings. The fourth-order valence-corrected chi connectivity index (χ4v) is 3.74. The Morgan fingerprint density at radius 3 is 2.54 bits per heavy atom. The van der Waals surface area contributed by atoms with Gasteiger partial charge in [-0.1, -0.05) is 0 Å². The van der Waals surface area contributed by atoms with Gasteiger partial charge in [0.1, 0.15) is 0 Å². The first-order valence-corrected chi connectivity index (χ1v) is 10.5. The van der Waals surface area contributed by atoms with Crippen molar-refractivity contribution in [3.05, 3.63) is 17.5 Å². The number of aliphatic imine (C=N–C) groups is 1. The van der Waals surface area contributed by atoms with Crippen molar-refractivity contribution in [2.75, 3.05) is 37.6 Å². The molecule has 1 aromatic rings. The summed E-state index contributed by atoms with van der Waals surface area (Å²) >= 11 is 1.80. The van der Waals surface area contributed by atoms with Gasteiger partial charge in [-0.15, -0.1) is 11.3 Å². The van der Waals surface area contributed by atoms with Crippen LogP contribution in [0, 0.1) is 5.41 Å². The van der Waals surface area contributed by atoms with Gasteiger partial charge in [-0.05, 0) is 58.0 Å². The van der Waals surface area contributed by atoms with E-state index in [9.17, 15) is 4.79 Å². The highest BCUT2D eigenvalue weighted by Crippen LogP contribution is 2.24. The van der Waals surface area contributed by atoms with Crippen LogP contribution in [0.4, 0.5) is 5.00 Å². The minimum absolute atomic E-state index is 0.0452. The second-order valence-corrected chi connectivity index (χ2v) is 8.22. The zero-order chi connectivity index (χ0) is 19.0. The van der Waals surface area contributed by atoms with Crippen LogP contribution in [0.3, 0.4) is 0 Å². The zero-order valence-electron chi connectivity index (χ0n) is 16.5. The van der Waals surface area contributed by atoms with E-state index >= 15 is 0 Å². The summed E-state index contributed by atoms with van der Waals surface area (Å²) in [5.41, 5.74) is -0.513. The van der Waals surface area contributed by atoms with Gasteiger partial charge in [0.05, 0.1) is 17.0 Å². The molecule has 1 fully saturated rings. The van der Waals surface area contributed by atoms with Crippen LogP contribution < -0.4 is 20.9 Å². The molecule has 1 aliphatic heterocycles. The molecule has 0 atom stereocenters. The summed E-state index contributed by atoms with van der Waals surface area (Å²) in [7, 11) is 0. The summed E-state index contributed by atoms with van der Waals surface area (Å²) < 4.78 is 0. The Morgan fingerprint density at radius 1 is 1.27 bits per heavy atom. The first-order valence-electron chi connectivity index (χ1n) is 9.58. The van der Waals surface area contributed by atoms with Gasteiger partial charge in [0.2, 0.25) is 5.91 Å². The first-order chi connectivity index (χ1) is 12.5. The predicted molar refractivity (Wildman–Crippen MR) is 111 cm³/mol. The SMILES string of the molecule is CCNC(=O)C(C)(C)CN=C(NCC)NC1CCN(c2cccs2)CC1. The molecule has 2 rings (SSSR count). The van der Waals surface area contributed by atoms with Crippen molar-refractivity contribution in [3.63, 3.8) is 0 Å². The molecule has 0 aliphatic carbocycles. The standard InChI is InChI=1S/C19H33N5OS/c1-5-20-17(25)19(3,4)14-22-18(21-6-2)23-15-9-11-24(12-10-15)16-8-7-13-26-16/h7-8,13,15H,5-6,9-12,14H2,1-4H3,(H,20,25)(H2,21,22,23). The lowest BCUT2D eigenvalue weighted by molar-refractivity contribution is -0.128. The number of guanidine groups is 1. The molecule has 0 saturated carbocycles. The molecule has 1 aromatic heterocycles. The first kappa shape index (κ1) is 20.6. The number of amides is 1. The maximum absolute atomic E-state index is 12.1. The van der Waals surface area contributed by atoms with E-state index in [4.69, 9.17) is 0 Å².